The topological polar surface area (TPSA) is 52.6 Å². The van der Waals surface area contributed by atoms with E-state index in [0.29, 0.717) is 0 Å². The lowest BCUT2D eigenvalue weighted by Crippen LogP contribution is -2.41. The van der Waals surface area contributed by atoms with Crippen LogP contribution in [-0.4, -0.2) is 49.2 Å². The van der Waals surface area contributed by atoms with Gasteiger partial charge >= 0.3 is 0 Å². The normalized spacial score (nSPS) is 12.5. The zero-order valence-corrected chi connectivity index (χ0v) is 10.1. The maximum atomic E-state index is 11.4. The molecule has 1 amide bonds. The van der Waals surface area contributed by atoms with Gasteiger partial charge in [0.05, 0.1) is 6.04 Å². The van der Waals surface area contributed by atoms with Crippen molar-refractivity contribution in [2.24, 2.45) is 0 Å². The van der Waals surface area contributed by atoms with Gasteiger partial charge in [0.15, 0.2) is 0 Å². The second-order valence-electron chi connectivity index (χ2n) is 4.05. The quantitative estimate of drug-likeness (QED) is 0.584. The molecule has 90 valence electrons. The fraction of sp³-hybridized carbons (Fsp3) is 0.909. The van der Waals surface area contributed by atoms with Crippen molar-refractivity contribution in [3.05, 3.63) is 0 Å². The predicted molar refractivity (Wildman–Crippen MR) is 61.7 cm³/mol. The van der Waals surface area contributed by atoms with Crippen molar-refractivity contribution in [2.45, 2.75) is 38.6 Å². The van der Waals surface area contributed by atoms with E-state index in [2.05, 4.69) is 5.32 Å². The lowest BCUT2D eigenvalue weighted by molar-refractivity contribution is -0.130. The first-order chi connectivity index (χ1) is 7.09. The fourth-order valence-corrected chi connectivity index (χ4v) is 1.38. The maximum Gasteiger partial charge on any atom is 0.238 e. The van der Waals surface area contributed by atoms with Gasteiger partial charge in [-0.3, -0.25) is 4.79 Å². The summed E-state index contributed by atoms with van der Waals surface area (Å²) in [6.07, 6.45) is 4.11. The van der Waals surface area contributed by atoms with Crippen molar-refractivity contribution < 1.29 is 9.90 Å². The molecule has 0 aromatic heterocycles. The first-order valence-corrected chi connectivity index (χ1v) is 5.65. The van der Waals surface area contributed by atoms with Gasteiger partial charge in [0.1, 0.15) is 0 Å². The minimum atomic E-state index is -0.0992. The smallest absolute Gasteiger partial charge is 0.238 e. The number of nitrogens with zero attached hydrogens (tertiary/aromatic N) is 1. The molecule has 0 saturated heterocycles. The van der Waals surface area contributed by atoms with Crippen molar-refractivity contribution in [1.29, 1.82) is 0 Å². The van der Waals surface area contributed by atoms with Crippen molar-refractivity contribution in [3.8, 4) is 0 Å². The molecule has 0 fully saturated rings. The van der Waals surface area contributed by atoms with Crippen molar-refractivity contribution in [3.63, 3.8) is 0 Å². The van der Waals surface area contributed by atoms with Crippen LogP contribution in [0.2, 0.25) is 0 Å². The van der Waals surface area contributed by atoms with Gasteiger partial charge in [0, 0.05) is 20.7 Å². The van der Waals surface area contributed by atoms with Crippen molar-refractivity contribution in [1.82, 2.24) is 10.2 Å². The number of nitrogens with one attached hydrogen (secondary N) is 1. The van der Waals surface area contributed by atoms with E-state index in [9.17, 15) is 4.79 Å². The number of carbonyl (C=O) groups is 1. The molecule has 0 aliphatic heterocycles. The summed E-state index contributed by atoms with van der Waals surface area (Å²) in [7, 11) is 3.53. The zero-order chi connectivity index (χ0) is 11.7. The Labute approximate surface area is 92.7 Å². The van der Waals surface area contributed by atoms with Crippen LogP contribution in [0.5, 0.6) is 0 Å². The Morgan fingerprint density at radius 2 is 1.87 bits per heavy atom. The summed E-state index contributed by atoms with van der Waals surface area (Å²) in [6, 6.07) is -0.0992. The van der Waals surface area contributed by atoms with Crippen LogP contribution in [0, 0.1) is 0 Å². The predicted octanol–water partition coefficient (Wildman–Crippen LogP) is 0.605. The molecule has 0 heterocycles. The van der Waals surface area contributed by atoms with Gasteiger partial charge in [0.2, 0.25) is 5.91 Å². The molecule has 0 spiro atoms. The standard InChI is InChI=1S/C11H24N2O2/c1-10(11(15)13(2)3)12-8-6-4-5-7-9-14/h10,12,14H,4-9H2,1-3H3. The van der Waals surface area contributed by atoms with Crippen molar-refractivity contribution >= 4 is 5.91 Å². The van der Waals surface area contributed by atoms with Gasteiger partial charge in [-0.25, -0.2) is 0 Å². The van der Waals surface area contributed by atoms with Gasteiger partial charge in [-0.1, -0.05) is 12.8 Å². The second-order valence-corrected chi connectivity index (χ2v) is 4.05. The Morgan fingerprint density at radius 3 is 2.40 bits per heavy atom. The van der Waals surface area contributed by atoms with E-state index in [4.69, 9.17) is 5.11 Å². The van der Waals surface area contributed by atoms with Gasteiger partial charge in [-0.05, 0) is 26.3 Å². The molecule has 0 rings (SSSR count). The number of aliphatic hydroxyl groups excluding tert-OH is 1. The summed E-state index contributed by atoms with van der Waals surface area (Å²) < 4.78 is 0. The molecule has 0 aromatic carbocycles. The molecule has 2 N–H and O–H groups in total. The third-order valence-electron chi connectivity index (χ3n) is 2.35. The lowest BCUT2D eigenvalue weighted by Gasteiger charge is -2.17. The highest BCUT2D eigenvalue weighted by Crippen LogP contribution is 1.98. The third kappa shape index (κ3) is 7.33. The molecular weight excluding hydrogens is 192 g/mol. The fourth-order valence-electron chi connectivity index (χ4n) is 1.38. The average Bonchev–Trinajstić information content (AvgIpc) is 2.21. The molecule has 0 radical (unpaired) electrons. The van der Waals surface area contributed by atoms with E-state index in [-0.39, 0.29) is 18.6 Å². The molecular formula is C11H24N2O2. The molecule has 4 heteroatoms. The van der Waals surface area contributed by atoms with E-state index in [0.717, 1.165) is 32.2 Å². The largest absolute Gasteiger partial charge is 0.396 e. The third-order valence-corrected chi connectivity index (χ3v) is 2.35. The highest BCUT2D eigenvalue weighted by atomic mass is 16.2. The Morgan fingerprint density at radius 1 is 1.27 bits per heavy atom. The summed E-state index contributed by atoms with van der Waals surface area (Å²) in [6.45, 7) is 3.03. The Kier molecular flexibility index (Phi) is 8.33. The first kappa shape index (κ1) is 14.4. The summed E-state index contributed by atoms with van der Waals surface area (Å²) >= 11 is 0. The number of rotatable bonds is 8. The van der Waals surface area contributed by atoms with Crippen LogP contribution in [0.3, 0.4) is 0 Å². The lowest BCUT2D eigenvalue weighted by atomic mass is 10.2. The van der Waals surface area contributed by atoms with Crippen LogP contribution in [0.4, 0.5) is 0 Å². The molecule has 4 nitrogen and oxygen atoms in total. The molecule has 1 atom stereocenters. The maximum absolute atomic E-state index is 11.4. The van der Waals surface area contributed by atoms with Crippen LogP contribution < -0.4 is 5.32 Å². The number of hydrogen-bond acceptors (Lipinski definition) is 3. The minimum Gasteiger partial charge on any atom is -0.396 e. The number of carbonyl (C=O) groups excluding carboxylic acids is 1. The summed E-state index contributed by atoms with van der Waals surface area (Å²) in [4.78, 5) is 13.0. The van der Waals surface area contributed by atoms with Gasteiger partial charge in [-0.2, -0.15) is 0 Å². The molecule has 1 unspecified atom stereocenters. The second kappa shape index (κ2) is 8.68. The molecule has 0 aliphatic rings. The van der Waals surface area contributed by atoms with E-state index < -0.39 is 0 Å². The highest BCUT2D eigenvalue weighted by Gasteiger charge is 2.12. The van der Waals surface area contributed by atoms with Gasteiger partial charge < -0.3 is 15.3 Å². The van der Waals surface area contributed by atoms with E-state index in [1.165, 1.54) is 0 Å². The zero-order valence-electron chi connectivity index (χ0n) is 10.1. The van der Waals surface area contributed by atoms with Crippen LogP contribution >= 0.6 is 0 Å². The Hall–Kier alpha value is -0.610. The number of hydrogen-bond donors (Lipinski definition) is 2. The van der Waals surface area contributed by atoms with E-state index in [1.807, 2.05) is 6.92 Å². The minimum absolute atomic E-state index is 0.0992. The number of likely N-dealkylation sites (N-methyl/N-ethyl adjacent to an activating group) is 1. The Balaban J connectivity index is 3.39. The van der Waals surface area contributed by atoms with Crippen LogP contribution in [0.1, 0.15) is 32.6 Å². The average molecular weight is 216 g/mol. The summed E-state index contributed by atoms with van der Waals surface area (Å²) in [5.41, 5.74) is 0. The van der Waals surface area contributed by atoms with E-state index >= 15 is 0 Å². The Bertz CT molecular complexity index is 172. The van der Waals surface area contributed by atoms with Crippen molar-refractivity contribution in [2.75, 3.05) is 27.2 Å². The molecule has 15 heavy (non-hydrogen) atoms. The monoisotopic (exact) mass is 216 g/mol. The van der Waals surface area contributed by atoms with Gasteiger partial charge in [-0.15, -0.1) is 0 Å². The van der Waals surface area contributed by atoms with E-state index in [1.54, 1.807) is 19.0 Å². The summed E-state index contributed by atoms with van der Waals surface area (Å²) in [5, 5.41) is 11.8. The van der Waals surface area contributed by atoms with Crippen LogP contribution in [0.15, 0.2) is 0 Å². The van der Waals surface area contributed by atoms with Crippen LogP contribution in [-0.2, 0) is 4.79 Å². The molecule has 0 aromatic rings. The molecule has 0 saturated carbocycles. The van der Waals surface area contributed by atoms with Gasteiger partial charge in [0.25, 0.3) is 0 Å². The number of unbranched alkanes of at least 4 members (excludes halogenated alkanes) is 3. The number of aliphatic hydroxyl groups is 1. The van der Waals surface area contributed by atoms with Crippen LogP contribution in [0.25, 0.3) is 0 Å². The molecule has 0 aliphatic carbocycles. The highest BCUT2D eigenvalue weighted by molar-refractivity contribution is 5.80. The first-order valence-electron chi connectivity index (χ1n) is 5.65. The SMILES string of the molecule is CC(NCCCCCCO)C(=O)N(C)C. The number of amides is 1. The molecule has 0 bridgehead atoms. The summed E-state index contributed by atoms with van der Waals surface area (Å²) in [5.74, 6) is 0.116.